The molecule has 0 saturated heterocycles. The molecule has 1 aliphatic heterocycles. The molecule has 0 spiro atoms. The van der Waals surface area contributed by atoms with Gasteiger partial charge in [0.15, 0.2) is 5.75 Å². The van der Waals surface area contributed by atoms with Crippen molar-refractivity contribution < 1.29 is 14.3 Å². The van der Waals surface area contributed by atoms with Gasteiger partial charge in [0, 0.05) is 0 Å². The fourth-order valence-electron chi connectivity index (χ4n) is 2.47. The van der Waals surface area contributed by atoms with E-state index in [-0.39, 0.29) is 19.0 Å². The molecule has 7 heteroatoms. The molecule has 0 bridgehead atoms. The second-order valence-corrected chi connectivity index (χ2v) is 6.26. The standard InChI is InChI=1S/C17H14Cl2N2O3/c1-10-5-6-14-13(7-10)21(9-16(23)24-14)8-15(22)20-17-11(18)3-2-4-12(17)19/h2-7H,8-9H2,1H3,(H,20,22). The van der Waals surface area contributed by atoms with Crippen molar-refractivity contribution >= 4 is 46.5 Å². The Kier molecular flexibility index (Phi) is 4.64. The smallest absolute Gasteiger partial charge is 0.331 e. The molecule has 1 aliphatic rings. The van der Waals surface area contributed by atoms with Crippen LogP contribution in [0.3, 0.4) is 0 Å². The highest BCUT2D eigenvalue weighted by Crippen LogP contribution is 2.33. The fourth-order valence-corrected chi connectivity index (χ4v) is 2.96. The van der Waals surface area contributed by atoms with Crippen molar-refractivity contribution in [3.05, 3.63) is 52.0 Å². The normalized spacial score (nSPS) is 13.3. The van der Waals surface area contributed by atoms with Crippen molar-refractivity contribution in [1.29, 1.82) is 0 Å². The maximum absolute atomic E-state index is 12.4. The molecule has 5 nitrogen and oxygen atoms in total. The van der Waals surface area contributed by atoms with Crippen LogP contribution in [0.25, 0.3) is 0 Å². The van der Waals surface area contributed by atoms with Crippen molar-refractivity contribution in [2.75, 3.05) is 23.3 Å². The Balaban J connectivity index is 1.80. The minimum Gasteiger partial charge on any atom is -0.423 e. The van der Waals surface area contributed by atoms with Crippen molar-refractivity contribution in [2.24, 2.45) is 0 Å². The third-order valence-electron chi connectivity index (χ3n) is 3.56. The van der Waals surface area contributed by atoms with Gasteiger partial charge in [-0.25, -0.2) is 4.79 Å². The third kappa shape index (κ3) is 3.47. The average Bonchev–Trinajstić information content (AvgIpc) is 2.52. The molecule has 0 aromatic heterocycles. The number of nitrogens with zero attached hydrogens (tertiary/aromatic N) is 1. The van der Waals surface area contributed by atoms with Crippen LogP contribution in [0.15, 0.2) is 36.4 Å². The van der Waals surface area contributed by atoms with E-state index >= 15 is 0 Å². The van der Waals surface area contributed by atoms with Gasteiger partial charge in [-0.2, -0.15) is 0 Å². The predicted molar refractivity (Wildman–Crippen MR) is 94.1 cm³/mol. The lowest BCUT2D eigenvalue weighted by Gasteiger charge is -2.29. The molecular weight excluding hydrogens is 351 g/mol. The SMILES string of the molecule is Cc1ccc2c(c1)N(CC(=O)Nc1c(Cl)cccc1Cl)CC(=O)O2. The minimum absolute atomic E-state index is 0.000126. The van der Waals surface area contributed by atoms with E-state index in [0.717, 1.165) is 5.56 Å². The van der Waals surface area contributed by atoms with Gasteiger partial charge in [-0.1, -0.05) is 35.3 Å². The summed E-state index contributed by atoms with van der Waals surface area (Å²) < 4.78 is 5.20. The summed E-state index contributed by atoms with van der Waals surface area (Å²) in [5, 5.41) is 3.39. The Bertz CT molecular complexity index is 803. The van der Waals surface area contributed by atoms with Crippen molar-refractivity contribution in [3.63, 3.8) is 0 Å². The van der Waals surface area contributed by atoms with E-state index in [1.54, 1.807) is 29.2 Å². The van der Waals surface area contributed by atoms with Crippen LogP contribution in [0.1, 0.15) is 5.56 Å². The van der Waals surface area contributed by atoms with Gasteiger partial charge in [-0.05, 0) is 36.8 Å². The highest BCUT2D eigenvalue weighted by atomic mass is 35.5. The van der Waals surface area contributed by atoms with E-state index in [1.807, 2.05) is 19.1 Å². The van der Waals surface area contributed by atoms with Crippen LogP contribution >= 0.6 is 23.2 Å². The van der Waals surface area contributed by atoms with E-state index in [0.29, 0.717) is 27.2 Å². The number of esters is 1. The maximum atomic E-state index is 12.4. The van der Waals surface area contributed by atoms with Gasteiger partial charge in [-0.15, -0.1) is 0 Å². The van der Waals surface area contributed by atoms with Crippen LogP contribution in [-0.4, -0.2) is 25.0 Å². The van der Waals surface area contributed by atoms with Crippen LogP contribution < -0.4 is 15.0 Å². The van der Waals surface area contributed by atoms with Gasteiger partial charge in [0.1, 0.15) is 6.54 Å². The Morgan fingerprint density at radius 3 is 2.67 bits per heavy atom. The second-order valence-electron chi connectivity index (χ2n) is 5.45. The van der Waals surface area contributed by atoms with E-state index in [1.165, 1.54) is 0 Å². The lowest BCUT2D eigenvalue weighted by atomic mass is 10.1. The number of carbonyl (C=O) groups is 2. The number of carbonyl (C=O) groups excluding carboxylic acids is 2. The van der Waals surface area contributed by atoms with Crippen LogP contribution in [0.5, 0.6) is 5.75 Å². The van der Waals surface area contributed by atoms with E-state index in [2.05, 4.69) is 5.32 Å². The van der Waals surface area contributed by atoms with Gasteiger partial charge in [0.05, 0.1) is 28.0 Å². The summed E-state index contributed by atoms with van der Waals surface area (Å²) in [6.45, 7) is 1.91. The Hall–Kier alpha value is -2.24. The zero-order valence-electron chi connectivity index (χ0n) is 12.8. The molecule has 0 fully saturated rings. The molecule has 1 heterocycles. The van der Waals surface area contributed by atoms with Crippen molar-refractivity contribution in [3.8, 4) is 5.75 Å². The number of rotatable bonds is 3. The molecule has 2 aromatic carbocycles. The van der Waals surface area contributed by atoms with Crippen LogP contribution in [-0.2, 0) is 9.59 Å². The number of anilines is 2. The number of hydrogen-bond acceptors (Lipinski definition) is 4. The summed E-state index contributed by atoms with van der Waals surface area (Å²) in [4.78, 5) is 25.8. The number of amides is 1. The van der Waals surface area contributed by atoms with E-state index in [4.69, 9.17) is 27.9 Å². The molecule has 0 atom stereocenters. The summed E-state index contributed by atoms with van der Waals surface area (Å²) in [6, 6.07) is 10.4. The van der Waals surface area contributed by atoms with Crippen LogP contribution in [0, 0.1) is 6.92 Å². The predicted octanol–water partition coefficient (Wildman–Crippen LogP) is 3.67. The molecule has 24 heavy (non-hydrogen) atoms. The lowest BCUT2D eigenvalue weighted by molar-refractivity contribution is -0.133. The average molecular weight is 365 g/mol. The quantitative estimate of drug-likeness (QED) is 0.666. The van der Waals surface area contributed by atoms with Crippen molar-refractivity contribution in [2.45, 2.75) is 6.92 Å². The molecule has 3 rings (SSSR count). The largest absolute Gasteiger partial charge is 0.423 e. The molecule has 1 amide bonds. The summed E-state index contributed by atoms with van der Waals surface area (Å²) in [6.07, 6.45) is 0. The number of aryl methyl sites for hydroxylation is 1. The molecule has 2 aromatic rings. The van der Waals surface area contributed by atoms with Crippen molar-refractivity contribution in [1.82, 2.24) is 0 Å². The summed E-state index contributed by atoms with van der Waals surface area (Å²) in [7, 11) is 0. The lowest BCUT2D eigenvalue weighted by Crippen LogP contribution is -2.41. The summed E-state index contributed by atoms with van der Waals surface area (Å²) >= 11 is 12.1. The third-order valence-corrected chi connectivity index (χ3v) is 4.19. The number of ether oxygens (including phenoxy) is 1. The van der Waals surface area contributed by atoms with Gasteiger partial charge < -0.3 is 15.0 Å². The monoisotopic (exact) mass is 364 g/mol. The fraction of sp³-hybridized carbons (Fsp3) is 0.176. The Labute approximate surface area is 149 Å². The van der Waals surface area contributed by atoms with Crippen LogP contribution in [0.4, 0.5) is 11.4 Å². The number of fused-ring (bicyclic) bond motifs is 1. The number of halogens is 2. The summed E-state index contributed by atoms with van der Waals surface area (Å²) in [5.74, 6) is -0.289. The number of para-hydroxylation sites is 1. The Morgan fingerprint density at radius 1 is 1.25 bits per heavy atom. The molecule has 124 valence electrons. The molecule has 1 N–H and O–H groups in total. The molecule has 0 saturated carbocycles. The minimum atomic E-state index is -0.407. The zero-order chi connectivity index (χ0) is 17.3. The molecule has 0 radical (unpaired) electrons. The van der Waals surface area contributed by atoms with E-state index < -0.39 is 5.97 Å². The van der Waals surface area contributed by atoms with Gasteiger partial charge in [0.25, 0.3) is 0 Å². The second kappa shape index (κ2) is 6.71. The number of benzene rings is 2. The first-order valence-corrected chi connectivity index (χ1v) is 8.00. The first-order valence-electron chi connectivity index (χ1n) is 7.24. The topological polar surface area (TPSA) is 58.6 Å². The van der Waals surface area contributed by atoms with E-state index in [9.17, 15) is 9.59 Å². The van der Waals surface area contributed by atoms with Gasteiger partial charge >= 0.3 is 5.97 Å². The van der Waals surface area contributed by atoms with Gasteiger partial charge in [-0.3, -0.25) is 4.79 Å². The summed E-state index contributed by atoms with van der Waals surface area (Å²) in [5.41, 5.74) is 2.07. The first-order chi connectivity index (χ1) is 11.4. The van der Waals surface area contributed by atoms with Gasteiger partial charge in [0.2, 0.25) is 5.91 Å². The molecule has 0 aliphatic carbocycles. The maximum Gasteiger partial charge on any atom is 0.331 e. The number of nitrogens with one attached hydrogen (secondary N) is 1. The Morgan fingerprint density at radius 2 is 1.96 bits per heavy atom. The van der Waals surface area contributed by atoms with Crippen LogP contribution in [0.2, 0.25) is 10.0 Å². The molecule has 0 unspecified atom stereocenters. The highest BCUT2D eigenvalue weighted by Gasteiger charge is 2.26. The first kappa shape index (κ1) is 16.6. The highest BCUT2D eigenvalue weighted by molar-refractivity contribution is 6.39. The zero-order valence-corrected chi connectivity index (χ0v) is 14.3. The molecular formula is C17H14Cl2N2O3. The number of hydrogen-bond donors (Lipinski definition) is 1.